The Morgan fingerprint density at radius 2 is 1.95 bits per heavy atom. The topological polar surface area (TPSA) is 115 Å². The molecule has 1 saturated heterocycles. The van der Waals surface area contributed by atoms with Crippen LogP contribution >= 0.6 is 0 Å². The summed E-state index contributed by atoms with van der Waals surface area (Å²) in [5, 5.41) is 18.2. The van der Waals surface area contributed by atoms with Gasteiger partial charge in [0.1, 0.15) is 0 Å². The summed E-state index contributed by atoms with van der Waals surface area (Å²) in [4.78, 5) is 25.9. The lowest BCUT2D eigenvalue weighted by Crippen LogP contribution is -2.59. The van der Waals surface area contributed by atoms with Gasteiger partial charge in [-0.05, 0) is 13.8 Å². The molecule has 21 heavy (non-hydrogen) atoms. The molecule has 1 fully saturated rings. The minimum Gasteiger partial charge on any atom is -0.481 e. The van der Waals surface area contributed by atoms with Gasteiger partial charge in [0.05, 0.1) is 36.1 Å². The SMILES string of the molecule is CN(C(=O)N1CCS(=O)(=O)CC1CC(=O)O)C(C)(C)CO. The van der Waals surface area contributed by atoms with E-state index in [1.54, 1.807) is 13.8 Å². The van der Waals surface area contributed by atoms with Crippen molar-refractivity contribution in [1.29, 1.82) is 0 Å². The number of likely N-dealkylation sites (N-methyl/N-ethyl adjacent to an activating group) is 1. The third-order valence-electron chi connectivity index (χ3n) is 3.77. The second-order valence-electron chi connectivity index (χ2n) is 5.87. The van der Waals surface area contributed by atoms with Crippen LogP contribution < -0.4 is 0 Å². The lowest BCUT2D eigenvalue weighted by atomic mass is 10.1. The smallest absolute Gasteiger partial charge is 0.320 e. The average Bonchev–Trinajstić information content (AvgIpc) is 2.35. The normalized spacial score (nSPS) is 21.9. The van der Waals surface area contributed by atoms with Gasteiger partial charge < -0.3 is 20.0 Å². The van der Waals surface area contributed by atoms with E-state index in [0.29, 0.717) is 0 Å². The quantitative estimate of drug-likeness (QED) is 0.713. The van der Waals surface area contributed by atoms with Crippen molar-refractivity contribution in [3.8, 4) is 0 Å². The Morgan fingerprint density at radius 1 is 1.38 bits per heavy atom. The van der Waals surface area contributed by atoms with Gasteiger partial charge in [-0.25, -0.2) is 13.2 Å². The Labute approximate surface area is 124 Å². The molecule has 0 saturated carbocycles. The molecule has 1 aliphatic heterocycles. The predicted molar refractivity (Wildman–Crippen MR) is 75.7 cm³/mol. The molecule has 0 radical (unpaired) electrons. The molecule has 2 amide bonds. The molecule has 8 nitrogen and oxygen atoms in total. The highest BCUT2D eigenvalue weighted by Gasteiger charge is 2.39. The van der Waals surface area contributed by atoms with E-state index in [0.717, 1.165) is 0 Å². The van der Waals surface area contributed by atoms with Crippen LogP contribution in [0, 0.1) is 0 Å². The first-order valence-electron chi connectivity index (χ1n) is 6.57. The molecule has 1 rings (SSSR count). The number of amides is 2. The van der Waals surface area contributed by atoms with Crippen LogP contribution in [0.1, 0.15) is 20.3 Å². The van der Waals surface area contributed by atoms with Crippen molar-refractivity contribution in [1.82, 2.24) is 9.80 Å². The fraction of sp³-hybridized carbons (Fsp3) is 0.833. The van der Waals surface area contributed by atoms with Crippen molar-refractivity contribution in [3.63, 3.8) is 0 Å². The van der Waals surface area contributed by atoms with Crippen LogP contribution in [0.2, 0.25) is 0 Å². The van der Waals surface area contributed by atoms with E-state index in [1.807, 2.05) is 0 Å². The molecule has 9 heteroatoms. The van der Waals surface area contributed by atoms with E-state index in [-0.39, 0.29) is 24.7 Å². The first-order chi connectivity index (χ1) is 9.50. The number of nitrogens with zero attached hydrogens (tertiary/aromatic N) is 2. The molecule has 0 spiro atoms. The number of aliphatic hydroxyl groups is 1. The molecule has 0 aromatic heterocycles. The van der Waals surface area contributed by atoms with Crippen LogP contribution in [0.3, 0.4) is 0 Å². The minimum atomic E-state index is -3.34. The van der Waals surface area contributed by atoms with E-state index >= 15 is 0 Å². The van der Waals surface area contributed by atoms with Gasteiger partial charge in [0.25, 0.3) is 0 Å². The highest BCUT2D eigenvalue weighted by molar-refractivity contribution is 7.91. The number of carbonyl (C=O) groups excluding carboxylic acids is 1. The van der Waals surface area contributed by atoms with Gasteiger partial charge in [-0.3, -0.25) is 4.79 Å². The first kappa shape index (κ1) is 17.7. The number of aliphatic carboxylic acids is 1. The number of carboxylic acid groups (broad SMARTS) is 1. The van der Waals surface area contributed by atoms with Crippen LogP contribution in [-0.2, 0) is 14.6 Å². The largest absolute Gasteiger partial charge is 0.481 e. The number of hydrogen-bond donors (Lipinski definition) is 2. The Balaban J connectivity index is 2.97. The zero-order valence-corrected chi connectivity index (χ0v) is 13.3. The van der Waals surface area contributed by atoms with E-state index in [4.69, 9.17) is 5.11 Å². The molecule has 122 valence electrons. The summed E-state index contributed by atoms with van der Waals surface area (Å²) in [6.07, 6.45) is -0.418. The fourth-order valence-electron chi connectivity index (χ4n) is 2.07. The maximum atomic E-state index is 12.5. The van der Waals surface area contributed by atoms with Crippen LogP contribution in [0.15, 0.2) is 0 Å². The Kier molecular flexibility index (Phi) is 5.21. The monoisotopic (exact) mass is 322 g/mol. The number of hydrogen-bond acceptors (Lipinski definition) is 5. The van der Waals surface area contributed by atoms with Crippen molar-refractivity contribution in [2.75, 3.05) is 31.7 Å². The number of sulfone groups is 1. The van der Waals surface area contributed by atoms with Gasteiger partial charge in [-0.1, -0.05) is 0 Å². The van der Waals surface area contributed by atoms with Gasteiger partial charge >= 0.3 is 12.0 Å². The van der Waals surface area contributed by atoms with Crippen LogP contribution in [0.25, 0.3) is 0 Å². The zero-order chi connectivity index (χ0) is 16.4. The number of aliphatic hydroxyl groups excluding tert-OH is 1. The van der Waals surface area contributed by atoms with Gasteiger partial charge in [0.15, 0.2) is 9.84 Å². The predicted octanol–water partition coefficient (Wildman–Crippen LogP) is -0.617. The van der Waals surface area contributed by atoms with Crippen LogP contribution in [-0.4, -0.2) is 83.7 Å². The minimum absolute atomic E-state index is 0.0367. The van der Waals surface area contributed by atoms with Gasteiger partial charge in [0, 0.05) is 13.6 Å². The molecule has 0 aliphatic carbocycles. The lowest BCUT2D eigenvalue weighted by molar-refractivity contribution is -0.138. The molecule has 2 N–H and O–H groups in total. The maximum Gasteiger partial charge on any atom is 0.320 e. The second kappa shape index (κ2) is 6.18. The van der Waals surface area contributed by atoms with Crippen molar-refractivity contribution in [2.24, 2.45) is 0 Å². The van der Waals surface area contributed by atoms with Crippen LogP contribution in [0.4, 0.5) is 4.79 Å². The van der Waals surface area contributed by atoms with E-state index in [2.05, 4.69) is 0 Å². The maximum absolute atomic E-state index is 12.5. The van der Waals surface area contributed by atoms with Crippen molar-refractivity contribution < 1.29 is 28.2 Å². The molecular formula is C12H22N2O6S. The van der Waals surface area contributed by atoms with E-state index < -0.39 is 39.8 Å². The number of urea groups is 1. The summed E-state index contributed by atoms with van der Waals surface area (Å²) in [6, 6.07) is -1.36. The Bertz CT molecular complexity index is 516. The first-order valence-corrected chi connectivity index (χ1v) is 8.40. The molecular weight excluding hydrogens is 300 g/mol. The molecule has 1 unspecified atom stereocenters. The lowest BCUT2D eigenvalue weighted by Gasteiger charge is -2.42. The third kappa shape index (κ3) is 4.31. The van der Waals surface area contributed by atoms with E-state index in [1.165, 1.54) is 16.8 Å². The summed E-state index contributed by atoms with van der Waals surface area (Å²) >= 11 is 0. The van der Waals surface area contributed by atoms with E-state index in [9.17, 15) is 23.1 Å². The zero-order valence-electron chi connectivity index (χ0n) is 12.4. The third-order valence-corrected chi connectivity index (χ3v) is 5.47. The summed E-state index contributed by atoms with van der Waals surface area (Å²) in [6.45, 7) is 3.03. The van der Waals surface area contributed by atoms with Crippen LogP contribution in [0.5, 0.6) is 0 Å². The molecule has 1 heterocycles. The Morgan fingerprint density at radius 3 is 2.43 bits per heavy atom. The molecule has 1 aliphatic rings. The standard InChI is InChI=1S/C12H22N2O6S/c1-12(2,8-15)13(3)11(18)14-4-5-21(19,20)7-9(14)6-10(16)17/h9,15H,4-8H2,1-3H3,(H,16,17). The molecule has 1 atom stereocenters. The highest BCUT2D eigenvalue weighted by atomic mass is 32.2. The van der Waals surface area contributed by atoms with Crippen molar-refractivity contribution in [3.05, 3.63) is 0 Å². The average molecular weight is 322 g/mol. The highest BCUT2D eigenvalue weighted by Crippen LogP contribution is 2.20. The number of carboxylic acids is 1. The summed E-state index contributed by atoms with van der Waals surface area (Å²) < 4.78 is 23.3. The molecule has 0 aromatic carbocycles. The van der Waals surface area contributed by atoms with Crippen molar-refractivity contribution in [2.45, 2.75) is 31.8 Å². The number of carbonyl (C=O) groups is 2. The van der Waals surface area contributed by atoms with Gasteiger partial charge in [0.2, 0.25) is 0 Å². The summed E-state index contributed by atoms with van der Waals surface area (Å²) in [5.41, 5.74) is -0.818. The Hall–Kier alpha value is -1.35. The van der Waals surface area contributed by atoms with Gasteiger partial charge in [-0.2, -0.15) is 0 Å². The molecule has 0 aromatic rings. The van der Waals surface area contributed by atoms with Gasteiger partial charge in [-0.15, -0.1) is 0 Å². The summed E-state index contributed by atoms with van der Waals surface area (Å²) in [5.74, 6) is -1.68. The van der Waals surface area contributed by atoms with Crippen molar-refractivity contribution >= 4 is 21.8 Å². The molecule has 0 bridgehead atoms. The second-order valence-corrected chi connectivity index (χ2v) is 8.10. The summed E-state index contributed by atoms with van der Waals surface area (Å²) in [7, 11) is -1.84. The fourth-order valence-corrected chi connectivity index (χ4v) is 3.59. The number of rotatable bonds is 4.